The molecule has 2 rings (SSSR count). The molecule has 0 amide bonds. The standard InChI is InChI=1S/C15H15N3O/c1-10-6-12(8-16)7-11(2)14(10)19-9-13-4-3-5-18-15(13)17/h3-7H,9H2,1-2H3,(H2,17,18). The Labute approximate surface area is 112 Å². The van der Waals surface area contributed by atoms with Gasteiger partial charge in [-0.05, 0) is 43.2 Å². The number of aromatic nitrogens is 1. The second-order valence-corrected chi connectivity index (χ2v) is 4.39. The highest BCUT2D eigenvalue weighted by molar-refractivity contribution is 5.47. The van der Waals surface area contributed by atoms with Gasteiger partial charge in [-0.2, -0.15) is 5.26 Å². The highest BCUT2D eigenvalue weighted by Crippen LogP contribution is 2.25. The van der Waals surface area contributed by atoms with Crippen LogP contribution in [0.4, 0.5) is 5.82 Å². The largest absolute Gasteiger partial charge is 0.488 e. The molecule has 0 aliphatic carbocycles. The van der Waals surface area contributed by atoms with Crippen LogP contribution in [0.5, 0.6) is 5.75 Å². The number of aryl methyl sites for hydroxylation is 2. The molecular formula is C15H15N3O. The van der Waals surface area contributed by atoms with E-state index in [4.69, 9.17) is 15.7 Å². The van der Waals surface area contributed by atoms with Crippen LogP contribution >= 0.6 is 0 Å². The summed E-state index contributed by atoms with van der Waals surface area (Å²) in [5.74, 6) is 1.27. The van der Waals surface area contributed by atoms with Gasteiger partial charge in [0.2, 0.25) is 0 Å². The molecule has 0 fully saturated rings. The van der Waals surface area contributed by atoms with Crippen molar-refractivity contribution in [3.8, 4) is 11.8 Å². The first-order valence-electron chi connectivity index (χ1n) is 5.95. The van der Waals surface area contributed by atoms with E-state index in [-0.39, 0.29) is 0 Å². The van der Waals surface area contributed by atoms with Gasteiger partial charge >= 0.3 is 0 Å². The summed E-state index contributed by atoms with van der Waals surface area (Å²) in [4.78, 5) is 4.02. The number of pyridine rings is 1. The van der Waals surface area contributed by atoms with E-state index in [1.165, 1.54) is 0 Å². The molecule has 19 heavy (non-hydrogen) atoms. The molecule has 2 N–H and O–H groups in total. The Kier molecular flexibility index (Phi) is 3.67. The van der Waals surface area contributed by atoms with Crippen molar-refractivity contribution in [1.29, 1.82) is 5.26 Å². The van der Waals surface area contributed by atoms with Crippen LogP contribution < -0.4 is 10.5 Å². The topological polar surface area (TPSA) is 71.9 Å². The number of anilines is 1. The zero-order valence-electron chi connectivity index (χ0n) is 11.0. The molecule has 0 radical (unpaired) electrons. The second-order valence-electron chi connectivity index (χ2n) is 4.39. The van der Waals surface area contributed by atoms with E-state index in [1.807, 2.05) is 38.1 Å². The van der Waals surface area contributed by atoms with E-state index in [0.29, 0.717) is 18.0 Å². The number of ether oxygens (including phenoxy) is 1. The van der Waals surface area contributed by atoms with Gasteiger partial charge in [0.25, 0.3) is 0 Å². The van der Waals surface area contributed by atoms with E-state index in [1.54, 1.807) is 6.20 Å². The fraction of sp³-hybridized carbons (Fsp3) is 0.200. The molecule has 4 heteroatoms. The predicted molar refractivity (Wildman–Crippen MR) is 73.6 cm³/mol. The number of nitriles is 1. The minimum absolute atomic E-state index is 0.368. The zero-order chi connectivity index (χ0) is 13.8. The van der Waals surface area contributed by atoms with Crippen LogP contribution in [0.2, 0.25) is 0 Å². The van der Waals surface area contributed by atoms with E-state index in [2.05, 4.69) is 11.1 Å². The molecule has 2 aromatic rings. The normalized spacial score (nSPS) is 9.95. The van der Waals surface area contributed by atoms with Gasteiger partial charge in [0, 0.05) is 11.8 Å². The third kappa shape index (κ3) is 2.83. The van der Waals surface area contributed by atoms with Gasteiger partial charge in [0.05, 0.1) is 11.6 Å². The molecule has 0 unspecified atom stereocenters. The smallest absolute Gasteiger partial charge is 0.129 e. The maximum atomic E-state index is 8.91. The first-order valence-corrected chi connectivity index (χ1v) is 5.95. The van der Waals surface area contributed by atoms with Crippen LogP contribution in [-0.4, -0.2) is 4.98 Å². The van der Waals surface area contributed by atoms with E-state index < -0.39 is 0 Å². The number of hydrogen-bond donors (Lipinski definition) is 1. The summed E-state index contributed by atoms with van der Waals surface area (Å²) in [6.45, 7) is 4.22. The molecule has 0 bridgehead atoms. The number of nitrogen functional groups attached to an aromatic ring is 1. The average Bonchev–Trinajstić information content (AvgIpc) is 2.39. The Bertz CT molecular complexity index is 621. The summed E-state index contributed by atoms with van der Waals surface area (Å²) < 4.78 is 5.80. The molecule has 0 aliphatic rings. The summed E-state index contributed by atoms with van der Waals surface area (Å²) in [5, 5.41) is 8.91. The quantitative estimate of drug-likeness (QED) is 0.912. The van der Waals surface area contributed by atoms with Gasteiger partial charge in [-0.25, -0.2) is 4.98 Å². The van der Waals surface area contributed by atoms with Gasteiger partial charge < -0.3 is 10.5 Å². The molecule has 0 spiro atoms. The fourth-order valence-electron chi connectivity index (χ4n) is 1.97. The van der Waals surface area contributed by atoms with Crippen molar-refractivity contribution in [2.75, 3.05) is 5.73 Å². The molecule has 0 atom stereocenters. The molecule has 0 saturated heterocycles. The van der Waals surface area contributed by atoms with Gasteiger partial charge in [-0.3, -0.25) is 0 Å². The summed E-state index contributed by atoms with van der Waals surface area (Å²) >= 11 is 0. The van der Waals surface area contributed by atoms with Crippen LogP contribution in [0.15, 0.2) is 30.5 Å². The first-order chi connectivity index (χ1) is 9.11. The number of nitrogens with two attached hydrogens (primary N) is 1. The lowest BCUT2D eigenvalue weighted by atomic mass is 10.1. The van der Waals surface area contributed by atoms with Crippen molar-refractivity contribution in [2.24, 2.45) is 0 Å². The highest BCUT2D eigenvalue weighted by Gasteiger charge is 2.08. The molecular weight excluding hydrogens is 238 g/mol. The lowest BCUT2D eigenvalue weighted by Gasteiger charge is -2.13. The van der Waals surface area contributed by atoms with Crippen molar-refractivity contribution < 1.29 is 4.74 Å². The van der Waals surface area contributed by atoms with E-state index in [9.17, 15) is 0 Å². The van der Waals surface area contributed by atoms with Crippen LogP contribution in [-0.2, 0) is 6.61 Å². The monoisotopic (exact) mass is 253 g/mol. The van der Waals surface area contributed by atoms with Crippen molar-refractivity contribution in [1.82, 2.24) is 4.98 Å². The maximum absolute atomic E-state index is 8.91. The molecule has 1 aromatic carbocycles. The minimum atomic E-state index is 0.368. The Morgan fingerprint density at radius 1 is 1.32 bits per heavy atom. The van der Waals surface area contributed by atoms with Gasteiger partial charge in [-0.1, -0.05) is 6.07 Å². The first kappa shape index (κ1) is 12.9. The van der Waals surface area contributed by atoms with Crippen molar-refractivity contribution in [3.63, 3.8) is 0 Å². The lowest BCUT2D eigenvalue weighted by Crippen LogP contribution is -2.03. The van der Waals surface area contributed by atoms with Crippen LogP contribution in [0.3, 0.4) is 0 Å². The van der Waals surface area contributed by atoms with Gasteiger partial charge in [0.1, 0.15) is 18.2 Å². The maximum Gasteiger partial charge on any atom is 0.129 e. The fourth-order valence-corrected chi connectivity index (χ4v) is 1.97. The van der Waals surface area contributed by atoms with Crippen LogP contribution in [0.1, 0.15) is 22.3 Å². The minimum Gasteiger partial charge on any atom is -0.488 e. The Hall–Kier alpha value is -2.54. The Morgan fingerprint density at radius 3 is 2.58 bits per heavy atom. The average molecular weight is 253 g/mol. The van der Waals surface area contributed by atoms with Crippen molar-refractivity contribution in [2.45, 2.75) is 20.5 Å². The Morgan fingerprint density at radius 2 is 2.00 bits per heavy atom. The molecule has 96 valence electrons. The zero-order valence-corrected chi connectivity index (χ0v) is 11.0. The summed E-state index contributed by atoms with van der Waals surface area (Å²) in [5.41, 5.74) is 9.15. The summed E-state index contributed by atoms with van der Waals surface area (Å²) in [7, 11) is 0. The molecule has 1 heterocycles. The number of nitrogens with zero attached hydrogens (tertiary/aromatic N) is 2. The number of benzene rings is 1. The SMILES string of the molecule is Cc1cc(C#N)cc(C)c1OCc1cccnc1N. The number of hydrogen-bond acceptors (Lipinski definition) is 4. The van der Waals surface area contributed by atoms with Gasteiger partial charge in [-0.15, -0.1) is 0 Å². The van der Waals surface area contributed by atoms with E-state index in [0.717, 1.165) is 22.4 Å². The second kappa shape index (κ2) is 5.40. The third-order valence-electron chi connectivity index (χ3n) is 2.89. The highest BCUT2D eigenvalue weighted by atomic mass is 16.5. The summed E-state index contributed by atoms with van der Waals surface area (Å²) in [6.07, 6.45) is 1.65. The van der Waals surface area contributed by atoms with Crippen molar-refractivity contribution >= 4 is 5.82 Å². The summed E-state index contributed by atoms with van der Waals surface area (Å²) in [6, 6.07) is 9.47. The van der Waals surface area contributed by atoms with Crippen LogP contribution in [0, 0.1) is 25.2 Å². The molecule has 0 saturated carbocycles. The molecule has 0 aliphatic heterocycles. The van der Waals surface area contributed by atoms with Crippen molar-refractivity contribution in [3.05, 3.63) is 52.7 Å². The predicted octanol–water partition coefficient (Wildman–Crippen LogP) is 2.73. The molecule has 4 nitrogen and oxygen atoms in total. The third-order valence-corrected chi connectivity index (χ3v) is 2.89. The number of rotatable bonds is 3. The van der Waals surface area contributed by atoms with Gasteiger partial charge in [0.15, 0.2) is 0 Å². The lowest BCUT2D eigenvalue weighted by molar-refractivity contribution is 0.302. The van der Waals surface area contributed by atoms with Crippen LogP contribution in [0.25, 0.3) is 0 Å². The van der Waals surface area contributed by atoms with E-state index >= 15 is 0 Å². The Balaban J connectivity index is 2.21. The molecule has 1 aromatic heterocycles.